The number of Topliss-reactive ketones (excluding diaryl/α,β-unsaturated/α-hetero) is 2. The molecule has 11 rings (SSSR count). The van der Waals surface area contributed by atoms with Crippen molar-refractivity contribution in [2.75, 3.05) is 6.61 Å². The summed E-state index contributed by atoms with van der Waals surface area (Å²) in [6.07, 6.45) is 15.2. The van der Waals surface area contributed by atoms with E-state index in [-0.39, 0.29) is 85.6 Å². The van der Waals surface area contributed by atoms with Gasteiger partial charge in [-0.2, -0.15) is 0 Å². The summed E-state index contributed by atoms with van der Waals surface area (Å²) in [6.45, 7) is 0.682. The highest BCUT2D eigenvalue weighted by molar-refractivity contribution is 7.12. The maximum Gasteiger partial charge on any atom is 0.178 e. The predicted molar refractivity (Wildman–Crippen MR) is 267 cm³/mol. The van der Waals surface area contributed by atoms with Gasteiger partial charge >= 0.3 is 0 Å². The quantitative estimate of drug-likeness (QED) is 0.0790. The Morgan fingerprint density at radius 1 is 0.694 bits per heavy atom. The van der Waals surface area contributed by atoms with Gasteiger partial charge in [-0.3, -0.25) is 39.1 Å². The number of rotatable bonds is 13. The Balaban J connectivity index is 0.000000190. The number of pyridine rings is 2. The van der Waals surface area contributed by atoms with Crippen LogP contribution < -0.4 is 0 Å². The number of aliphatic imine (C=N–C) groups is 1. The molecule has 2 aromatic carbocycles. The molecule has 1 fully saturated rings. The van der Waals surface area contributed by atoms with Crippen LogP contribution in [0.5, 0.6) is 0 Å². The summed E-state index contributed by atoms with van der Waals surface area (Å²) in [7, 11) is 0. The molecule has 2 aliphatic rings. The molecule has 0 aliphatic carbocycles. The Hall–Kier alpha value is -7.39. The van der Waals surface area contributed by atoms with Gasteiger partial charge in [0.25, 0.3) is 0 Å². The van der Waals surface area contributed by atoms with Gasteiger partial charge in [-0.1, -0.05) is 19.6 Å². The van der Waals surface area contributed by atoms with Crippen molar-refractivity contribution in [3.05, 3.63) is 176 Å². The fourth-order valence-electron chi connectivity index (χ4n) is 8.36. The Labute approximate surface area is 423 Å². The number of ether oxygens (including phenoxy) is 1. The summed E-state index contributed by atoms with van der Waals surface area (Å²) in [5, 5.41) is 0. The van der Waals surface area contributed by atoms with Crippen molar-refractivity contribution in [2.45, 2.75) is 65.0 Å². The Morgan fingerprint density at radius 3 is 1.85 bits per heavy atom. The van der Waals surface area contributed by atoms with Crippen molar-refractivity contribution in [2.24, 2.45) is 4.99 Å². The van der Waals surface area contributed by atoms with E-state index in [0.717, 1.165) is 25.0 Å². The lowest BCUT2D eigenvalue weighted by molar-refractivity contribution is -0.0298. The van der Waals surface area contributed by atoms with Crippen molar-refractivity contribution in [1.82, 2.24) is 49.4 Å². The number of aromatic nitrogens is 10. The summed E-state index contributed by atoms with van der Waals surface area (Å²) >= 11 is 2.37. The van der Waals surface area contributed by atoms with Crippen LogP contribution >= 0.6 is 35.1 Å². The van der Waals surface area contributed by atoms with Crippen LogP contribution in [0.1, 0.15) is 91.6 Å². The molecule has 0 spiro atoms. The molecular formula is C51H42ClF4N11O3S2. The number of imidazole rings is 1. The number of hydrogen-bond donors (Lipinski definition) is 0. The van der Waals surface area contributed by atoms with E-state index in [1.807, 2.05) is 4.57 Å². The number of hydrogen-bond acceptors (Lipinski definition) is 15. The highest BCUT2D eigenvalue weighted by atomic mass is 35.5. The zero-order valence-electron chi connectivity index (χ0n) is 37.2. The second kappa shape index (κ2) is 22.8. The Morgan fingerprint density at radius 2 is 1.28 bits per heavy atom. The average molecular weight is 1030 g/mol. The van der Waals surface area contributed by atoms with Gasteiger partial charge in [0.1, 0.15) is 64.7 Å². The minimum atomic E-state index is -0.758. The number of carbonyl (C=O) groups excluding carboxylic acids is 2. The largest absolute Gasteiger partial charge is 0.358 e. The van der Waals surface area contributed by atoms with E-state index in [2.05, 4.69) is 49.8 Å². The van der Waals surface area contributed by atoms with Crippen molar-refractivity contribution in [3.8, 4) is 22.5 Å². The second-order valence-electron chi connectivity index (χ2n) is 16.2. The molecule has 9 aromatic rings. The van der Waals surface area contributed by atoms with Crippen molar-refractivity contribution in [1.29, 1.82) is 0 Å². The van der Waals surface area contributed by atoms with Crippen LogP contribution in [0, 0.1) is 23.3 Å². The average Bonchev–Trinajstić information content (AvgIpc) is 4.25. The minimum absolute atomic E-state index is 0. The minimum Gasteiger partial charge on any atom is -0.358 e. The third-order valence-electron chi connectivity index (χ3n) is 11.9. The molecule has 7 aromatic heterocycles. The molecule has 1 saturated heterocycles. The number of carbonyl (C=O) groups is 2. The molecule has 21 heteroatoms. The summed E-state index contributed by atoms with van der Waals surface area (Å²) in [6, 6.07) is 12.1. The van der Waals surface area contributed by atoms with Crippen LogP contribution in [-0.4, -0.2) is 73.8 Å². The maximum atomic E-state index is 15.5. The van der Waals surface area contributed by atoms with Crippen LogP contribution in [-0.2, 0) is 36.8 Å². The van der Waals surface area contributed by atoms with Crippen LogP contribution in [0.2, 0.25) is 0 Å². The van der Waals surface area contributed by atoms with Gasteiger partial charge in [-0.05, 0) is 66.8 Å². The summed E-state index contributed by atoms with van der Waals surface area (Å²) in [5.74, 6) is -3.45. The van der Waals surface area contributed by atoms with E-state index in [4.69, 9.17) is 4.74 Å². The fourth-order valence-corrected chi connectivity index (χ4v) is 9.49. The molecular weight excluding hydrogens is 990 g/mol. The number of thiazole rings is 2. The number of ketones is 2. The molecule has 0 bridgehead atoms. The number of benzene rings is 2. The van der Waals surface area contributed by atoms with Crippen molar-refractivity contribution >= 4 is 69.7 Å². The maximum absolute atomic E-state index is 15.5. The normalized spacial score (nSPS) is 13.7. The standard InChI is InChI=1S/C27H22F2N6O2S.C23H15F2N5OS.CH4.ClH/c28-19-7-6-16(10-21(36)22-12-30-15-38-22)24(29)18(19)11-20-17(4-3-8-31-20)25-26-27(33-13-32-25)35(14-34-26)23-5-1-2-9-37-23;24-16-4-3-13(8-19(31)20-10-26-12-32-20)21(25)15(16)9-18-14(2-1-6-27-18)22-23-17(5-7-28-23)29-11-30-22;;/h3-4,6-8,12-15,23H,1-2,5,9-11H2;1-4,6-7,10-12H,5,8-9H2;1H4;1H. The first-order chi connectivity index (χ1) is 34.2. The SMILES string of the molecule is C.Cl.O=C(Cc1ccc(F)c(Cc2ncccc2-c2ncnc3c2N=CC3)c1F)c1cncs1.O=C(Cc1ccc(F)c(Cc2ncccc2-c2ncnc3c2ncn3C2CCCCO2)c1F)c1cncs1. The zero-order valence-corrected chi connectivity index (χ0v) is 39.7. The third kappa shape index (κ3) is 10.6. The monoisotopic (exact) mass is 1030 g/mol. The van der Waals surface area contributed by atoms with Gasteiger partial charge in [0.15, 0.2) is 17.2 Å². The van der Waals surface area contributed by atoms with E-state index in [1.165, 1.54) is 83.0 Å². The molecule has 366 valence electrons. The summed E-state index contributed by atoms with van der Waals surface area (Å²) in [5.41, 5.74) is 8.85. The molecule has 1 unspecified atom stereocenters. The van der Waals surface area contributed by atoms with Gasteiger partial charge in [-0.25, -0.2) is 42.5 Å². The summed E-state index contributed by atoms with van der Waals surface area (Å²) < 4.78 is 68.2. The zero-order chi connectivity index (χ0) is 48.1. The van der Waals surface area contributed by atoms with Gasteiger partial charge < -0.3 is 4.74 Å². The molecule has 2 aliphatic heterocycles. The van der Waals surface area contributed by atoms with Gasteiger partial charge in [-0.15, -0.1) is 35.1 Å². The number of nitrogens with zero attached hydrogens (tertiary/aromatic N) is 11. The molecule has 0 saturated carbocycles. The number of fused-ring (bicyclic) bond motifs is 2. The fraction of sp³-hybridized carbons (Fsp3) is 0.216. The van der Waals surface area contributed by atoms with Crippen LogP contribution in [0.15, 0.2) is 108 Å². The second-order valence-corrected chi connectivity index (χ2v) is 18.0. The van der Waals surface area contributed by atoms with Gasteiger partial charge in [0.05, 0.1) is 44.2 Å². The van der Waals surface area contributed by atoms with Crippen molar-refractivity contribution in [3.63, 3.8) is 0 Å². The Kier molecular flexibility index (Phi) is 16.1. The van der Waals surface area contributed by atoms with E-state index in [0.29, 0.717) is 73.5 Å². The first-order valence-electron chi connectivity index (χ1n) is 22.0. The van der Waals surface area contributed by atoms with E-state index in [1.54, 1.807) is 49.2 Å². The first-order valence-corrected chi connectivity index (χ1v) is 23.8. The smallest absolute Gasteiger partial charge is 0.178 e. The molecule has 9 heterocycles. The summed E-state index contributed by atoms with van der Waals surface area (Å²) in [4.78, 5) is 68.8. The van der Waals surface area contributed by atoms with E-state index < -0.39 is 23.3 Å². The molecule has 0 amide bonds. The molecule has 72 heavy (non-hydrogen) atoms. The van der Waals surface area contributed by atoms with E-state index in [9.17, 15) is 18.4 Å². The molecule has 0 radical (unpaired) electrons. The molecule has 0 N–H and O–H groups in total. The van der Waals surface area contributed by atoms with Gasteiger partial charge in [0, 0.05) is 92.0 Å². The lowest BCUT2D eigenvalue weighted by atomic mass is 9.97. The van der Waals surface area contributed by atoms with Crippen LogP contribution in [0.4, 0.5) is 23.2 Å². The lowest BCUT2D eigenvalue weighted by Crippen LogP contribution is -2.17. The van der Waals surface area contributed by atoms with Gasteiger partial charge in [0.2, 0.25) is 0 Å². The lowest BCUT2D eigenvalue weighted by Gasteiger charge is -2.23. The van der Waals surface area contributed by atoms with Crippen LogP contribution in [0.25, 0.3) is 33.7 Å². The highest BCUT2D eigenvalue weighted by Gasteiger charge is 2.25. The molecule has 1 atom stereocenters. The van der Waals surface area contributed by atoms with Crippen LogP contribution in [0.3, 0.4) is 0 Å². The first kappa shape index (κ1) is 51.0. The third-order valence-corrected chi connectivity index (χ3v) is 13.5. The van der Waals surface area contributed by atoms with E-state index >= 15 is 8.78 Å². The topological polar surface area (TPSA) is 177 Å². The highest BCUT2D eigenvalue weighted by Crippen LogP contribution is 2.36. The van der Waals surface area contributed by atoms with Crippen molar-refractivity contribution < 1.29 is 31.9 Å². The molecule has 14 nitrogen and oxygen atoms in total. The predicted octanol–water partition coefficient (Wildman–Crippen LogP) is 10.9. The number of halogens is 5. The Bertz CT molecular complexity index is 3430.